The number of rotatable bonds is 10. The Morgan fingerprint density at radius 1 is 1.00 bits per heavy atom. The van der Waals surface area contributed by atoms with Gasteiger partial charge in [0.25, 0.3) is 0 Å². The highest BCUT2D eigenvalue weighted by molar-refractivity contribution is 5.33. The first-order valence-corrected chi connectivity index (χ1v) is 9.49. The summed E-state index contributed by atoms with van der Waals surface area (Å²) in [6.07, 6.45) is 7.82. The van der Waals surface area contributed by atoms with Gasteiger partial charge in [-0.3, -0.25) is 0 Å². The second-order valence-electron chi connectivity index (χ2n) is 6.43. The van der Waals surface area contributed by atoms with Crippen molar-refractivity contribution in [1.29, 1.82) is 0 Å². The van der Waals surface area contributed by atoms with Gasteiger partial charge < -0.3 is 14.8 Å². The van der Waals surface area contributed by atoms with E-state index in [4.69, 9.17) is 9.47 Å². The molecular formula is C23H31NO2. The molecule has 0 saturated heterocycles. The number of unbranched alkanes of at least 4 members (excludes halogenated alkanes) is 1. The van der Waals surface area contributed by atoms with Crippen molar-refractivity contribution in [3.63, 3.8) is 0 Å². The molecule has 1 saturated carbocycles. The van der Waals surface area contributed by atoms with Gasteiger partial charge in [0, 0.05) is 12.1 Å². The largest absolute Gasteiger partial charge is 0.493 e. The monoisotopic (exact) mass is 353 g/mol. The fourth-order valence-corrected chi connectivity index (χ4v) is 2.45. The predicted octanol–water partition coefficient (Wildman–Crippen LogP) is 5.02. The average Bonchev–Trinajstić information content (AvgIpc) is 3.52. The van der Waals surface area contributed by atoms with E-state index in [-0.39, 0.29) is 0 Å². The molecule has 3 rings (SSSR count). The van der Waals surface area contributed by atoms with Crippen LogP contribution in [-0.4, -0.2) is 26.3 Å². The smallest absolute Gasteiger partial charge is 0.123 e. The SMILES string of the molecule is C=CCOc1cccc(OCCCCc2ccccc2)c1.CNC1CC1. The number of ether oxygens (including phenoxy) is 2. The third kappa shape index (κ3) is 8.72. The van der Waals surface area contributed by atoms with E-state index >= 15 is 0 Å². The second kappa shape index (κ2) is 12.2. The Bertz CT molecular complexity index is 623. The van der Waals surface area contributed by atoms with Crippen molar-refractivity contribution in [1.82, 2.24) is 5.32 Å². The van der Waals surface area contributed by atoms with Crippen LogP contribution in [0.5, 0.6) is 11.5 Å². The van der Waals surface area contributed by atoms with Gasteiger partial charge in [-0.2, -0.15) is 0 Å². The molecule has 0 atom stereocenters. The maximum atomic E-state index is 5.76. The minimum atomic E-state index is 0.514. The van der Waals surface area contributed by atoms with Crippen molar-refractivity contribution in [2.24, 2.45) is 0 Å². The molecule has 1 fully saturated rings. The number of benzene rings is 2. The number of hydrogen-bond acceptors (Lipinski definition) is 3. The van der Waals surface area contributed by atoms with E-state index in [1.54, 1.807) is 6.08 Å². The van der Waals surface area contributed by atoms with Crippen LogP contribution < -0.4 is 14.8 Å². The molecule has 0 bridgehead atoms. The zero-order chi connectivity index (χ0) is 18.5. The van der Waals surface area contributed by atoms with Gasteiger partial charge in [-0.25, -0.2) is 0 Å². The Kier molecular flexibility index (Phi) is 9.37. The Hall–Kier alpha value is -2.26. The third-order valence-electron chi connectivity index (χ3n) is 4.13. The molecule has 26 heavy (non-hydrogen) atoms. The van der Waals surface area contributed by atoms with Crippen LogP contribution in [0.1, 0.15) is 31.2 Å². The standard InChI is InChI=1S/C19H22O2.C4H9N/c1-2-14-20-18-12-8-13-19(16-18)21-15-7-6-11-17-9-4-3-5-10-17;1-5-4-2-3-4/h2-5,8-10,12-13,16H,1,6-7,11,14-15H2;4-5H,2-3H2,1H3. The van der Waals surface area contributed by atoms with Gasteiger partial charge in [-0.05, 0) is 56.8 Å². The van der Waals surface area contributed by atoms with Crippen molar-refractivity contribution < 1.29 is 9.47 Å². The maximum Gasteiger partial charge on any atom is 0.123 e. The van der Waals surface area contributed by atoms with Crippen LogP contribution in [0.3, 0.4) is 0 Å². The Morgan fingerprint density at radius 3 is 2.35 bits per heavy atom. The molecule has 0 aromatic heterocycles. The summed E-state index contributed by atoms with van der Waals surface area (Å²) in [7, 11) is 2.01. The summed E-state index contributed by atoms with van der Waals surface area (Å²) in [6, 6.07) is 19.2. The maximum absolute atomic E-state index is 5.76. The molecule has 3 nitrogen and oxygen atoms in total. The summed E-state index contributed by atoms with van der Waals surface area (Å²) in [4.78, 5) is 0. The van der Waals surface area contributed by atoms with Gasteiger partial charge in [-0.1, -0.05) is 49.1 Å². The summed E-state index contributed by atoms with van der Waals surface area (Å²) in [5.41, 5.74) is 1.39. The van der Waals surface area contributed by atoms with Crippen molar-refractivity contribution >= 4 is 0 Å². The van der Waals surface area contributed by atoms with Crippen molar-refractivity contribution in [2.45, 2.75) is 38.1 Å². The lowest BCUT2D eigenvalue weighted by molar-refractivity contribution is 0.302. The molecule has 1 aliphatic rings. The van der Waals surface area contributed by atoms with Crippen LogP contribution in [0.15, 0.2) is 67.3 Å². The molecule has 0 aliphatic heterocycles. The van der Waals surface area contributed by atoms with Crippen molar-refractivity contribution in [2.75, 3.05) is 20.3 Å². The van der Waals surface area contributed by atoms with Gasteiger partial charge in [-0.15, -0.1) is 0 Å². The summed E-state index contributed by atoms with van der Waals surface area (Å²) in [5.74, 6) is 1.67. The number of aryl methyl sites for hydroxylation is 1. The van der Waals surface area contributed by atoms with Crippen molar-refractivity contribution in [3.8, 4) is 11.5 Å². The minimum Gasteiger partial charge on any atom is -0.493 e. The highest BCUT2D eigenvalue weighted by Gasteiger charge is 2.17. The van der Waals surface area contributed by atoms with Gasteiger partial charge in [0.1, 0.15) is 18.1 Å². The molecular weight excluding hydrogens is 322 g/mol. The van der Waals surface area contributed by atoms with Gasteiger partial charge in [0.15, 0.2) is 0 Å². The molecule has 0 radical (unpaired) electrons. The van der Waals surface area contributed by atoms with E-state index in [1.165, 1.54) is 18.4 Å². The van der Waals surface area contributed by atoms with Crippen LogP contribution in [0.25, 0.3) is 0 Å². The summed E-state index contributed by atoms with van der Waals surface area (Å²) < 4.78 is 11.2. The van der Waals surface area contributed by atoms with E-state index in [0.717, 1.165) is 43.4 Å². The number of nitrogens with one attached hydrogen (secondary N) is 1. The molecule has 0 heterocycles. The molecule has 3 heteroatoms. The molecule has 0 amide bonds. The molecule has 0 unspecified atom stereocenters. The van der Waals surface area contributed by atoms with Gasteiger partial charge in [0.05, 0.1) is 6.61 Å². The van der Waals surface area contributed by atoms with E-state index in [0.29, 0.717) is 6.61 Å². The fourth-order valence-electron chi connectivity index (χ4n) is 2.45. The highest BCUT2D eigenvalue weighted by atomic mass is 16.5. The first-order valence-electron chi connectivity index (χ1n) is 9.49. The lowest BCUT2D eigenvalue weighted by atomic mass is 10.1. The molecule has 2 aromatic carbocycles. The topological polar surface area (TPSA) is 30.5 Å². The van der Waals surface area contributed by atoms with Crippen LogP contribution in [0, 0.1) is 0 Å². The average molecular weight is 354 g/mol. The quantitative estimate of drug-likeness (QED) is 0.480. The Morgan fingerprint density at radius 2 is 1.73 bits per heavy atom. The fraction of sp³-hybridized carbons (Fsp3) is 0.391. The van der Waals surface area contributed by atoms with Crippen LogP contribution >= 0.6 is 0 Å². The lowest BCUT2D eigenvalue weighted by Crippen LogP contribution is -2.06. The molecule has 1 aliphatic carbocycles. The zero-order valence-corrected chi connectivity index (χ0v) is 15.8. The predicted molar refractivity (Wildman–Crippen MR) is 109 cm³/mol. The lowest BCUT2D eigenvalue weighted by Gasteiger charge is -2.08. The minimum absolute atomic E-state index is 0.514. The van der Waals surface area contributed by atoms with Crippen LogP contribution in [-0.2, 0) is 6.42 Å². The molecule has 140 valence electrons. The first kappa shape index (κ1) is 20.1. The molecule has 0 spiro atoms. The summed E-state index contributed by atoms with van der Waals surface area (Å²) >= 11 is 0. The zero-order valence-electron chi connectivity index (χ0n) is 15.8. The molecule has 2 aromatic rings. The first-order chi connectivity index (χ1) is 12.8. The summed E-state index contributed by atoms with van der Waals surface area (Å²) in [5, 5.41) is 3.14. The second-order valence-corrected chi connectivity index (χ2v) is 6.43. The third-order valence-corrected chi connectivity index (χ3v) is 4.13. The van der Waals surface area contributed by atoms with E-state index in [2.05, 4.69) is 36.2 Å². The van der Waals surface area contributed by atoms with E-state index < -0.39 is 0 Å². The normalized spacial score (nSPS) is 12.7. The van der Waals surface area contributed by atoms with E-state index in [1.807, 2.05) is 37.4 Å². The van der Waals surface area contributed by atoms with Crippen molar-refractivity contribution in [3.05, 3.63) is 72.8 Å². The van der Waals surface area contributed by atoms with E-state index in [9.17, 15) is 0 Å². The van der Waals surface area contributed by atoms with Gasteiger partial charge in [0.2, 0.25) is 0 Å². The Balaban J connectivity index is 0.000000417. The van der Waals surface area contributed by atoms with Gasteiger partial charge >= 0.3 is 0 Å². The summed E-state index contributed by atoms with van der Waals surface area (Å²) in [6.45, 7) is 4.89. The van der Waals surface area contributed by atoms with Crippen LogP contribution in [0.2, 0.25) is 0 Å². The van der Waals surface area contributed by atoms with Crippen LogP contribution in [0.4, 0.5) is 0 Å². The number of hydrogen-bond donors (Lipinski definition) is 1. The Labute approximate surface area is 158 Å². The highest BCUT2D eigenvalue weighted by Crippen LogP contribution is 2.19. The molecule has 1 N–H and O–H groups in total.